The van der Waals surface area contributed by atoms with Gasteiger partial charge >= 0.3 is 5.97 Å². The zero-order chi connectivity index (χ0) is 25.5. The van der Waals surface area contributed by atoms with Gasteiger partial charge in [-0.15, -0.1) is 0 Å². The van der Waals surface area contributed by atoms with Gasteiger partial charge in [0.15, 0.2) is 18.1 Å². The van der Waals surface area contributed by atoms with Gasteiger partial charge < -0.3 is 24.6 Å². The summed E-state index contributed by atoms with van der Waals surface area (Å²) in [4.78, 5) is 49.5. The highest BCUT2D eigenvalue weighted by Crippen LogP contribution is 2.37. The number of thioether (sulfide) groups is 1. The van der Waals surface area contributed by atoms with Crippen LogP contribution in [0.1, 0.15) is 12.5 Å². The summed E-state index contributed by atoms with van der Waals surface area (Å²) in [5.74, 6) is -1.05. The minimum absolute atomic E-state index is 0.140. The molecule has 10 nitrogen and oxygen atoms in total. The van der Waals surface area contributed by atoms with Crippen LogP contribution in [0.3, 0.4) is 0 Å². The number of aliphatic carboxylic acids is 1. The van der Waals surface area contributed by atoms with Crippen LogP contribution in [0.2, 0.25) is 0 Å². The van der Waals surface area contributed by atoms with Crippen molar-refractivity contribution in [2.75, 3.05) is 32.2 Å². The Bertz CT molecular complexity index is 1180. The number of benzene rings is 2. The number of carboxylic acids is 1. The fourth-order valence-electron chi connectivity index (χ4n) is 3.03. The summed E-state index contributed by atoms with van der Waals surface area (Å²) in [7, 11) is 1.40. The van der Waals surface area contributed by atoms with Gasteiger partial charge in [-0.05, 0) is 89.3 Å². The van der Waals surface area contributed by atoms with Crippen LogP contribution in [0.25, 0.3) is 6.08 Å². The first-order valence-electron chi connectivity index (χ1n) is 10.2. The second kappa shape index (κ2) is 11.9. The Morgan fingerprint density at radius 1 is 1.17 bits per heavy atom. The third-order valence-corrected chi connectivity index (χ3v) is 6.22. The molecule has 1 aliphatic heterocycles. The van der Waals surface area contributed by atoms with E-state index in [0.717, 1.165) is 16.7 Å². The van der Waals surface area contributed by atoms with E-state index in [0.29, 0.717) is 27.2 Å². The van der Waals surface area contributed by atoms with Crippen LogP contribution in [-0.2, 0) is 14.4 Å². The molecule has 0 spiro atoms. The van der Waals surface area contributed by atoms with Gasteiger partial charge in [-0.2, -0.15) is 0 Å². The molecule has 184 valence electrons. The fraction of sp³-hybridized carbons (Fsp3) is 0.217. The Kier molecular flexibility index (Phi) is 8.98. The predicted molar refractivity (Wildman–Crippen MR) is 138 cm³/mol. The average Bonchev–Trinajstić information content (AvgIpc) is 3.06. The Hall–Kier alpha value is -3.26. The second-order valence-corrected chi connectivity index (χ2v) is 9.15. The molecule has 0 radical (unpaired) electrons. The van der Waals surface area contributed by atoms with E-state index in [9.17, 15) is 19.2 Å². The van der Waals surface area contributed by atoms with Crippen LogP contribution in [0.15, 0.2) is 41.3 Å². The number of nitrogens with zero attached hydrogens (tertiary/aromatic N) is 1. The number of carbonyl (C=O) groups excluding carboxylic acids is 3. The van der Waals surface area contributed by atoms with Gasteiger partial charge in [0.2, 0.25) is 5.91 Å². The second-order valence-electron chi connectivity index (χ2n) is 6.99. The monoisotopic (exact) mass is 612 g/mol. The molecule has 12 heteroatoms. The predicted octanol–water partition coefficient (Wildman–Crippen LogP) is 3.84. The molecule has 1 fully saturated rings. The molecule has 35 heavy (non-hydrogen) atoms. The van der Waals surface area contributed by atoms with Crippen molar-refractivity contribution in [3.05, 3.63) is 50.4 Å². The van der Waals surface area contributed by atoms with Crippen molar-refractivity contribution in [3.8, 4) is 17.2 Å². The molecular weight excluding hydrogens is 591 g/mol. The van der Waals surface area contributed by atoms with E-state index in [1.54, 1.807) is 36.4 Å². The number of nitrogens with one attached hydrogen (secondary N) is 1. The van der Waals surface area contributed by atoms with Crippen molar-refractivity contribution in [2.24, 2.45) is 0 Å². The molecule has 0 atom stereocenters. The smallest absolute Gasteiger partial charge is 0.341 e. The number of amides is 3. The van der Waals surface area contributed by atoms with Crippen LogP contribution < -0.4 is 19.5 Å². The van der Waals surface area contributed by atoms with E-state index in [-0.39, 0.29) is 16.4 Å². The lowest BCUT2D eigenvalue weighted by Gasteiger charge is -2.13. The zero-order valence-corrected chi connectivity index (χ0v) is 21.7. The maximum Gasteiger partial charge on any atom is 0.341 e. The summed E-state index contributed by atoms with van der Waals surface area (Å²) >= 11 is 2.68. The van der Waals surface area contributed by atoms with Crippen LogP contribution >= 0.6 is 34.4 Å². The number of imide groups is 1. The van der Waals surface area contributed by atoms with Crippen LogP contribution in [0.4, 0.5) is 10.5 Å². The Morgan fingerprint density at radius 2 is 1.89 bits per heavy atom. The van der Waals surface area contributed by atoms with E-state index >= 15 is 0 Å². The third kappa shape index (κ3) is 6.88. The number of carboxylic acid groups (broad SMARTS) is 1. The molecular formula is C23H21IN2O8S. The summed E-state index contributed by atoms with van der Waals surface area (Å²) in [6, 6.07) is 9.95. The van der Waals surface area contributed by atoms with Crippen molar-refractivity contribution in [3.63, 3.8) is 0 Å². The molecule has 1 aliphatic rings. The first-order valence-corrected chi connectivity index (χ1v) is 12.1. The summed E-state index contributed by atoms with van der Waals surface area (Å²) in [6.07, 6.45) is 1.50. The number of rotatable bonds is 10. The summed E-state index contributed by atoms with van der Waals surface area (Å²) in [5.41, 5.74) is 1.05. The number of anilines is 1. The number of hydrogen-bond acceptors (Lipinski definition) is 8. The number of methoxy groups -OCH3 is 1. The van der Waals surface area contributed by atoms with E-state index in [1.165, 1.54) is 13.2 Å². The van der Waals surface area contributed by atoms with Crippen molar-refractivity contribution in [2.45, 2.75) is 6.92 Å². The van der Waals surface area contributed by atoms with Crippen molar-refractivity contribution >= 4 is 69.1 Å². The minimum atomic E-state index is -1.13. The molecule has 3 amide bonds. The summed E-state index contributed by atoms with van der Waals surface area (Å²) in [6.45, 7) is 1.41. The quantitative estimate of drug-likeness (QED) is 0.304. The summed E-state index contributed by atoms with van der Waals surface area (Å²) in [5, 5.41) is 10.9. The first kappa shape index (κ1) is 26.3. The lowest BCUT2D eigenvalue weighted by Crippen LogP contribution is -2.36. The average molecular weight is 612 g/mol. The number of carbonyl (C=O) groups is 4. The summed E-state index contributed by atoms with van der Waals surface area (Å²) < 4.78 is 16.5. The fourth-order valence-corrected chi connectivity index (χ4v) is 4.65. The van der Waals surface area contributed by atoms with Gasteiger partial charge in [0.25, 0.3) is 11.1 Å². The lowest BCUT2D eigenvalue weighted by atomic mass is 10.2. The van der Waals surface area contributed by atoms with Crippen molar-refractivity contribution in [1.82, 2.24) is 4.90 Å². The Balaban J connectivity index is 1.70. The normalized spacial score (nSPS) is 14.3. The van der Waals surface area contributed by atoms with E-state index < -0.39 is 36.2 Å². The molecule has 2 aromatic rings. The molecule has 0 aromatic heterocycles. The van der Waals surface area contributed by atoms with E-state index in [4.69, 9.17) is 19.3 Å². The van der Waals surface area contributed by atoms with Crippen LogP contribution in [-0.4, -0.2) is 59.9 Å². The van der Waals surface area contributed by atoms with Gasteiger partial charge in [0.1, 0.15) is 12.3 Å². The molecule has 0 unspecified atom stereocenters. The van der Waals surface area contributed by atoms with Crippen molar-refractivity contribution < 1.29 is 38.5 Å². The zero-order valence-electron chi connectivity index (χ0n) is 18.7. The first-order chi connectivity index (χ1) is 16.7. The SMILES string of the molecule is CCOc1ccc(NC(=O)CN2C(=O)S/C(=C/c3cc(I)c(OCC(=O)O)c(OC)c3)C2=O)cc1. The van der Waals surface area contributed by atoms with Crippen LogP contribution in [0.5, 0.6) is 17.2 Å². The molecule has 1 saturated heterocycles. The largest absolute Gasteiger partial charge is 0.494 e. The van der Waals surface area contributed by atoms with Crippen LogP contribution in [0, 0.1) is 3.57 Å². The van der Waals surface area contributed by atoms with Gasteiger partial charge in [0, 0.05) is 5.69 Å². The molecule has 2 aromatic carbocycles. The maximum absolute atomic E-state index is 12.8. The van der Waals surface area contributed by atoms with Crippen molar-refractivity contribution in [1.29, 1.82) is 0 Å². The molecule has 0 bridgehead atoms. The minimum Gasteiger partial charge on any atom is -0.494 e. The number of ether oxygens (including phenoxy) is 3. The number of halogens is 1. The highest BCUT2D eigenvalue weighted by atomic mass is 127. The molecule has 3 rings (SSSR count). The van der Waals surface area contributed by atoms with Gasteiger partial charge in [0.05, 0.1) is 22.2 Å². The van der Waals surface area contributed by atoms with Gasteiger partial charge in [-0.25, -0.2) is 4.79 Å². The van der Waals surface area contributed by atoms with E-state index in [1.807, 2.05) is 29.5 Å². The lowest BCUT2D eigenvalue weighted by molar-refractivity contribution is -0.139. The standard InChI is InChI=1S/C23H21IN2O8S/c1-3-33-15-6-4-14(5-7-15)25-19(27)11-26-22(30)18(35-23(26)31)10-13-8-16(24)21(17(9-13)32-2)34-12-20(28)29/h4-10H,3,11-12H2,1-2H3,(H,25,27)(H,28,29)/b18-10+. The maximum atomic E-state index is 12.8. The van der Waals surface area contributed by atoms with Gasteiger partial charge in [-0.3, -0.25) is 19.3 Å². The third-order valence-electron chi connectivity index (χ3n) is 4.51. The van der Waals surface area contributed by atoms with E-state index in [2.05, 4.69) is 5.32 Å². The highest BCUT2D eigenvalue weighted by Gasteiger charge is 2.36. The van der Waals surface area contributed by atoms with Gasteiger partial charge in [-0.1, -0.05) is 0 Å². The highest BCUT2D eigenvalue weighted by molar-refractivity contribution is 14.1. The Labute approximate surface area is 218 Å². The molecule has 0 saturated carbocycles. The number of hydrogen-bond donors (Lipinski definition) is 2. The topological polar surface area (TPSA) is 131 Å². The molecule has 0 aliphatic carbocycles. The molecule has 2 N–H and O–H groups in total. The molecule has 1 heterocycles. The Morgan fingerprint density at radius 3 is 2.51 bits per heavy atom.